The lowest BCUT2D eigenvalue weighted by molar-refractivity contribution is -0.133. The number of rotatable bonds is 3. The first-order valence-electron chi connectivity index (χ1n) is 8.32. The Hall–Kier alpha value is -1.88. The molecule has 3 rings (SSSR count). The van der Waals surface area contributed by atoms with Crippen LogP contribution < -0.4 is 0 Å². The Morgan fingerprint density at radius 2 is 1.96 bits per heavy atom. The van der Waals surface area contributed by atoms with Crippen LogP contribution in [0.15, 0.2) is 24.3 Å². The minimum atomic E-state index is -1.09. The smallest absolute Gasteiger partial charge is 0.242 e. The monoisotopic (exact) mass is 315 g/mol. The van der Waals surface area contributed by atoms with Gasteiger partial charge in [0.05, 0.1) is 11.0 Å². The first-order chi connectivity index (χ1) is 10.9. The van der Waals surface area contributed by atoms with Gasteiger partial charge in [-0.25, -0.2) is 4.98 Å². The number of nitrogens with zero attached hydrogens (tertiary/aromatic N) is 3. The summed E-state index contributed by atoms with van der Waals surface area (Å²) >= 11 is 0. The molecule has 1 saturated heterocycles. The number of imidazole rings is 1. The van der Waals surface area contributed by atoms with Crippen molar-refractivity contribution in [3.63, 3.8) is 0 Å². The van der Waals surface area contributed by atoms with E-state index in [0.717, 1.165) is 37.0 Å². The quantitative estimate of drug-likeness (QED) is 0.947. The number of aliphatic hydroxyl groups is 1. The zero-order valence-corrected chi connectivity index (χ0v) is 14.1. The van der Waals surface area contributed by atoms with Crippen molar-refractivity contribution in [3.05, 3.63) is 30.1 Å². The third-order valence-corrected chi connectivity index (χ3v) is 4.63. The molecule has 1 N–H and O–H groups in total. The molecule has 1 aliphatic rings. The van der Waals surface area contributed by atoms with Crippen LogP contribution in [0, 0.1) is 5.92 Å². The van der Waals surface area contributed by atoms with Gasteiger partial charge in [-0.3, -0.25) is 4.79 Å². The number of para-hydroxylation sites is 2. The van der Waals surface area contributed by atoms with Crippen molar-refractivity contribution in [3.8, 4) is 0 Å². The minimum Gasteiger partial charge on any atom is -0.383 e. The Bertz CT molecular complexity index is 707. The summed E-state index contributed by atoms with van der Waals surface area (Å²) in [5, 5.41) is 10.4. The molecule has 1 fully saturated rings. The van der Waals surface area contributed by atoms with Crippen LogP contribution in [0.5, 0.6) is 0 Å². The number of aromatic nitrogens is 2. The summed E-state index contributed by atoms with van der Waals surface area (Å²) in [6.07, 6.45) is 2.13. The molecule has 0 spiro atoms. The third kappa shape index (κ3) is 3.24. The molecule has 5 heteroatoms. The van der Waals surface area contributed by atoms with Gasteiger partial charge in [0.1, 0.15) is 18.0 Å². The Morgan fingerprint density at radius 1 is 1.30 bits per heavy atom. The van der Waals surface area contributed by atoms with Crippen LogP contribution in [0.4, 0.5) is 0 Å². The van der Waals surface area contributed by atoms with Gasteiger partial charge in [0, 0.05) is 13.1 Å². The number of benzene rings is 1. The fourth-order valence-corrected chi connectivity index (χ4v) is 3.20. The van der Waals surface area contributed by atoms with Gasteiger partial charge in [0.25, 0.3) is 0 Å². The van der Waals surface area contributed by atoms with E-state index in [1.165, 1.54) is 0 Å². The summed E-state index contributed by atoms with van der Waals surface area (Å²) in [4.78, 5) is 19.2. The fraction of sp³-hybridized carbons (Fsp3) is 0.556. The highest BCUT2D eigenvalue weighted by atomic mass is 16.3. The van der Waals surface area contributed by atoms with Crippen LogP contribution >= 0.6 is 0 Å². The lowest BCUT2D eigenvalue weighted by atomic mass is 9.99. The van der Waals surface area contributed by atoms with Gasteiger partial charge < -0.3 is 14.6 Å². The van der Waals surface area contributed by atoms with Crippen molar-refractivity contribution < 1.29 is 9.90 Å². The molecule has 2 aromatic rings. The van der Waals surface area contributed by atoms with E-state index in [1.54, 1.807) is 13.8 Å². The molecular formula is C18H25N3O2. The van der Waals surface area contributed by atoms with Crippen molar-refractivity contribution in [1.29, 1.82) is 0 Å². The summed E-state index contributed by atoms with van der Waals surface area (Å²) in [6.45, 7) is 7.52. The molecule has 23 heavy (non-hydrogen) atoms. The summed E-state index contributed by atoms with van der Waals surface area (Å²) in [5.74, 6) is 1.34. The van der Waals surface area contributed by atoms with E-state index in [9.17, 15) is 9.90 Å². The number of hydrogen-bond acceptors (Lipinski definition) is 3. The summed E-state index contributed by atoms with van der Waals surface area (Å²) in [6, 6.07) is 7.71. The molecule has 2 heterocycles. The van der Waals surface area contributed by atoms with Crippen LogP contribution in [0.3, 0.4) is 0 Å². The third-order valence-electron chi connectivity index (χ3n) is 4.63. The second kappa shape index (κ2) is 5.96. The van der Waals surface area contributed by atoms with Crippen molar-refractivity contribution in [2.75, 3.05) is 13.1 Å². The highest BCUT2D eigenvalue weighted by Gasteiger charge is 2.27. The predicted octanol–water partition coefficient (Wildman–Crippen LogP) is 2.52. The minimum absolute atomic E-state index is 0.102. The fourth-order valence-electron chi connectivity index (χ4n) is 3.20. The Morgan fingerprint density at radius 3 is 2.61 bits per heavy atom. The normalized spacial score (nSPS) is 17.0. The SMILES string of the molecule is CC1CCN(C(=O)Cn2c(C(C)(C)O)nc3ccccc32)CC1. The molecule has 0 bridgehead atoms. The summed E-state index contributed by atoms with van der Waals surface area (Å²) in [7, 11) is 0. The van der Waals surface area contributed by atoms with E-state index in [1.807, 2.05) is 33.7 Å². The van der Waals surface area contributed by atoms with Gasteiger partial charge in [0.15, 0.2) is 0 Å². The van der Waals surface area contributed by atoms with E-state index < -0.39 is 5.60 Å². The maximum absolute atomic E-state index is 12.7. The highest BCUT2D eigenvalue weighted by molar-refractivity contribution is 5.81. The summed E-state index contributed by atoms with van der Waals surface area (Å²) in [5.41, 5.74) is 0.614. The zero-order chi connectivity index (χ0) is 16.6. The molecule has 5 nitrogen and oxygen atoms in total. The number of carbonyl (C=O) groups is 1. The molecule has 1 amide bonds. The standard InChI is InChI=1S/C18H25N3O2/c1-13-8-10-20(11-9-13)16(22)12-21-15-7-5-4-6-14(15)19-17(21)18(2,3)23/h4-7,13,23H,8-12H2,1-3H3. The number of hydrogen-bond donors (Lipinski definition) is 1. The van der Waals surface area contributed by atoms with Crippen molar-refractivity contribution in [1.82, 2.24) is 14.5 Å². The number of amides is 1. The topological polar surface area (TPSA) is 58.4 Å². The predicted molar refractivity (Wildman–Crippen MR) is 90.0 cm³/mol. The van der Waals surface area contributed by atoms with Crippen LogP contribution in [-0.4, -0.2) is 38.6 Å². The van der Waals surface area contributed by atoms with Gasteiger partial charge in [0.2, 0.25) is 5.91 Å². The van der Waals surface area contributed by atoms with E-state index >= 15 is 0 Å². The van der Waals surface area contributed by atoms with Crippen molar-refractivity contribution in [2.45, 2.75) is 45.8 Å². The number of likely N-dealkylation sites (tertiary alicyclic amines) is 1. The highest BCUT2D eigenvalue weighted by Crippen LogP contribution is 2.25. The van der Waals surface area contributed by atoms with Crippen molar-refractivity contribution >= 4 is 16.9 Å². The van der Waals surface area contributed by atoms with Crippen LogP contribution in [0.25, 0.3) is 11.0 Å². The number of carbonyl (C=O) groups excluding carboxylic acids is 1. The Balaban J connectivity index is 1.91. The van der Waals surface area contributed by atoms with Crippen LogP contribution in [0.1, 0.15) is 39.4 Å². The molecule has 1 aliphatic heterocycles. The van der Waals surface area contributed by atoms with Crippen LogP contribution in [-0.2, 0) is 16.9 Å². The molecule has 0 atom stereocenters. The van der Waals surface area contributed by atoms with E-state index in [4.69, 9.17) is 0 Å². The average Bonchev–Trinajstić information content (AvgIpc) is 2.87. The maximum Gasteiger partial charge on any atom is 0.242 e. The van der Waals surface area contributed by atoms with Gasteiger partial charge in [-0.2, -0.15) is 0 Å². The first kappa shape index (κ1) is 16.0. The molecule has 124 valence electrons. The van der Waals surface area contributed by atoms with Crippen molar-refractivity contribution in [2.24, 2.45) is 5.92 Å². The molecule has 0 radical (unpaired) electrons. The van der Waals surface area contributed by atoms with Gasteiger partial charge >= 0.3 is 0 Å². The molecule has 0 aliphatic carbocycles. The maximum atomic E-state index is 12.7. The van der Waals surface area contributed by atoms with E-state index in [0.29, 0.717) is 11.7 Å². The number of fused-ring (bicyclic) bond motifs is 1. The molecule has 0 unspecified atom stereocenters. The van der Waals surface area contributed by atoms with E-state index in [2.05, 4.69) is 11.9 Å². The van der Waals surface area contributed by atoms with Gasteiger partial charge in [-0.15, -0.1) is 0 Å². The molecular weight excluding hydrogens is 290 g/mol. The van der Waals surface area contributed by atoms with Gasteiger partial charge in [-0.1, -0.05) is 19.1 Å². The molecule has 1 aromatic heterocycles. The van der Waals surface area contributed by atoms with Crippen LogP contribution in [0.2, 0.25) is 0 Å². The second-order valence-electron chi connectivity index (χ2n) is 7.13. The second-order valence-corrected chi connectivity index (χ2v) is 7.13. The molecule has 1 aromatic carbocycles. The summed E-state index contributed by atoms with van der Waals surface area (Å²) < 4.78 is 1.86. The first-order valence-corrected chi connectivity index (χ1v) is 8.32. The largest absolute Gasteiger partial charge is 0.383 e. The Labute approximate surface area is 136 Å². The van der Waals surface area contributed by atoms with E-state index in [-0.39, 0.29) is 12.5 Å². The zero-order valence-electron chi connectivity index (χ0n) is 14.1. The molecule has 0 saturated carbocycles. The van der Waals surface area contributed by atoms with Gasteiger partial charge in [-0.05, 0) is 44.7 Å². The lowest BCUT2D eigenvalue weighted by Crippen LogP contribution is -2.40. The lowest BCUT2D eigenvalue weighted by Gasteiger charge is -2.31. The average molecular weight is 315 g/mol. The number of piperidine rings is 1. The Kier molecular flexibility index (Phi) is 4.15.